The first-order valence-electron chi connectivity index (χ1n) is 9.28. The molecule has 1 aliphatic heterocycles. The highest BCUT2D eigenvalue weighted by molar-refractivity contribution is 7.99. The van der Waals surface area contributed by atoms with Crippen molar-refractivity contribution in [2.24, 2.45) is 7.05 Å². The van der Waals surface area contributed by atoms with Gasteiger partial charge in [-0.15, -0.1) is 10.2 Å². The topological polar surface area (TPSA) is 104 Å². The summed E-state index contributed by atoms with van der Waals surface area (Å²) >= 11 is 1.55. The maximum atomic E-state index is 12.8. The summed E-state index contributed by atoms with van der Waals surface area (Å²) in [5, 5.41) is 15.9. The van der Waals surface area contributed by atoms with E-state index in [1.54, 1.807) is 18.1 Å². The summed E-state index contributed by atoms with van der Waals surface area (Å²) < 4.78 is 18.1. The Bertz CT molecular complexity index is 1060. The number of nitrogens with one attached hydrogen (secondary N) is 1. The molecule has 9 nitrogen and oxygen atoms in total. The molecule has 1 amide bonds. The highest BCUT2D eigenvalue weighted by Crippen LogP contribution is 2.49. The summed E-state index contributed by atoms with van der Waals surface area (Å²) in [5.74, 6) is 2.71. The molecule has 2 aliphatic rings. The van der Waals surface area contributed by atoms with Crippen molar-refractivity contribution in [1.82, 2.24) is 25.2 Å². The summed E-state index contributed by atoms with van der Waals surface area (Å²) in [4.78, 5) is 12.8. The number of hydrogen-bond acceptors (Lipinski definition) is 8. The maximum absolute atomic E-state index is 12.8. The van der Waals surface area contributed by atoms with Gasteiger partial charge in [0.2, 0.25) is 12.7 Å². The van der Waals surface area contributed by atoms with Gasteiger partial charge in [0.1, 0.15) is 6.33 Å². The molecule has 0 radical (unpaired) electrons. The third-order valence-electron chi connectivity index (χ3n) is 5.13. The summed E-state index contributed by atoms with van der Waals surface area (Å²) in [6, 6.07) is 7.43. The lowest BCUT2D eigenvalue weighted by Gasteiger charge is -2.12. The van der Waals surface area contributed by atoms with Gasteiger partial charge in [0.05, 0.1) is 11.1 Å². The van der Waals surface area contributed by atoms with E-state index in [1.165, 1.54) is 0 Å². The van der Waals surface area contributed by atoms with Gasteiger partial charge in [0.15, 0.2) is 22.4 Å². The number of rotatable bonds is 7. The van der Waals surface area contributed by atoms with Gasteiger partial charge in [-0.1, -0.05) is 16.9 Å². The van der Waals surface area contributed by atoms with E-state index in [1.807, 2.05) is 35.9 Å². The molecular weight excluding hydrogens is 394 g/mol. The summed E-state index contributed by atoms with van der Waals surface area (Å²) in [7, 11) is 1.89. The lowest BCUT2D eigenvalue weighted by Crippen LogP contribution is -2.36. The van der Waals surface area contributed by atoms with E-state index in [9.17, 15) is 4.79 Å². The number of carbonyl (C=O) groups excluding carboxylic acids is 1. The Kier molecular flexibility index (Phi) is 4.42. The van der Waals surface area contributed by atoms with Crippen molar-refractivity contribution in [2.75, 3.05) is 19.1 Å². The van der Waals surface area contributed by atoms with Crippen molar-refractivity contribution >= 4 is 17.7 Å². The van der Waals surface area contributed by atoms with Gasteiger partial charge >= 0.3 is 0 Å². The van der Waals surface area contributed by atoms with Gasteiger partial charge in [-0.05, 0) is 31.0 Å². The highest BCUT2D eigenvalue weighted by Gasteiger charge is 2.53. The lowest BCUT2D eigenvalue weighted by molar-refractivity contribution is -0.123. The summed E-state index contributed by atoms with van der Waals surface area (Å²) in [6.45, 7) is 0.768. The molecule has 5 rings (SSSR count). The fourth-order valence-electron chi connectivity index (χ4n) is 3.29. The Balaban J connectivity index is 1.22. The lowest BCUT2D eigenvalue weighted by atomic mass is 10.0. The van der Waals surface area contributed by atoms with E-state index < -0.39 is 5.41 Å². The van der Waals surface area contributed by atoms with Crippen molar-refractivity contribution in [3.05, 3.63) is 36.3 Å². The van der Waals surface area contributed by atoms with Gasteiger partial charge in [-0.25, -0.2) is 0 Å². The standard InChI is InChI=1S/C19H19N5O4S/c1-24-10-21-22-18(24)29-7-6-20-17(25)19(4-5-19)16-9-14(28-23-16)12-2-3-13-15(8-12)27-11-26-13/h2-3,8-10H,4-7,11H2,1H3,(H,20,25). The number of hydrogen-bond donors (Lipinski definition) is 1. The van der Waals surface area contributed by atoms with E-state index in [-0.39, 0.29) is 12.7 Å². The third kappa shape index (κ3) is 3.33. The summed E-state index contributed by atoms with van der Waals surface area (Å²) in [6.07, 6.45) is 3.19. The van der Waals surface area contributed by atoms with E-state index >= 15 is 0 Å². The van der Waals surface area contributed by atoms with Crippen LogP contribution in [0.4, 0.5) is 0 Å². The van der Waals surface area contributed by atoms with Crippen LogP contribution in [-0.4, -0.2) is 44.9 Å². The van der Waals surface area contributed by atoms with Crippen LogP contribution in [0.5, 0.6) is 11.5 Å². The number of fused-ring (bicyclic) bond motifs is 1. The van der Waals surface area contributed by atoms with Gasteiger partial charge < -0.3 is 23.9 Å². The summed E-state index contributed by atoms with van der Waals surface area (Å²) in [5.41, 5.74) is 0.918. The highest BCUT2D eigenvalue weighted by atomic mass is 32.2. The van der Waals surface area contributed by atoms with Crippen LogP contribution in [-0.2, 0) is 17.3 Å². The average Bonchev–Trinajstić information content (AvgIpc) is 3.09. The van der Waals surface area contributed by atoms with Crippen molar-refractivity contribution in [3.8, 4) is 22.8 Å². The second-order valence-electron chi connectivity index (χ2n) is 7.06. The molecule has 2 aromatic heterocycles. The first kappa shape index (κ1) is 18.0. The molecule has 1 saturated carbocycles. The molecule has 0 unspecified atom stereocenters. The Hall–Kier alpha value is -3.01. The monoisotopic (exact) mass is 413 g/mol. The Morgan fingerprint density at radius 3 is 2.93 bits per heavy atom. The van der Waals surface area contributed by atoms with Crippen LogP contribution in [0.3, 0.4) is 0 Å². The minimum atomic E-state index is -0.590. The van der Waals surface area contributed by atoms with Gasteiger partial charge in [-0.3, -0.25) is 4.79 Å². The number of carbonyl (C=O) groups is 1. The van der Waals surface area contributed by atoms with Crippen molar-refractivity contribution in [1.29, 1.82) is 0 Å². The van der Waals surface area contributed by atoms with Crippen LogP contribution in [0.2, 0.25) is 0 Å². The van der Waals surface area contributed by atoms with Crippen molar-refractivity contribution in [3.63, 3.8) is 0 Å². The molecule has 3 aromatic rings. The molecule has 1 fully saturated rings. The quantitative estimate of drug-likeness (QED) is 0.464. The second kappa shape index (κ2) is 7.11. The van der Waals surface area contributed by atoms with Crippen LogP contribution < -0.4 is 14.8 Å². The predicted molar refractivity (Wildman–Crippen MR) is 104 cm³/mol. The first-order valence-corrected chi connectivity index (χ1v) is 10.3. The number of amides is 1. The number of benzene rings is 1. The van der Waals surface area contributed by atoms with Crippen LogP contribution >= 0.6 is 11.8 Å². The minimum absolute atomic E-state index is 0.0124. The molecule has 0 bridgehead atoms. The molecule has 1 N–H and O–H groups in total. The molecule has 1 aliphatic carbocycles. The minimum Gasteiger partial charge on any atom is -0.454 e. The van der Waals surface area contributed by atoms with Gasteiger partial charge in [0.25, 0.3) is 0 Å². The number of aromatic nitrogens is 4. The normalized spacial score (nSPS) is 16.0. The van der Waals surface area contributed by atoms with Gasteiger partial charge in [-0.2, -0.15) is 0 Å². The average molecular weight is 413 g/mol. The van der Waals surface area contributed by atoms with Crippen molar-refractivity contribution < 1.29 is 18.8 Å². The van der Waals surface area contributed by atoms with Gasteiger partial charge in [0, 0.05) is 31.0 Å². The SMILES string of the molecule is Cn1cnnc1SCCNC(=O)C1(c2cc(-c3ccc4c(c3)OCO4)on2)CC1. The molecule has 0 spiro atoms. The van der Waals surface area contributed by atoms with E-state index in [2.05, 4.69) is 20.7 Å². The molecule has 3 heterocycles. The largest absolute Gasteiger partial charge is 0.454 e. The van der Waals surface area contributed by atoms with Crippen LogP contribution in [0.25, 0.3) is 11.3 Å². The smallest absolute Gasteiger partial charge is 0.232 e. The van der Waals surface area contributed by atoms with E-state index in [0.717, 1.165) is 29.3 Å². The number of ether oxygens (including phenoxy) is 2. The van der Waals surface area contributed by atoms with Crippen LogP contribution in [0.1, 0.15) is 18.5 Å². The zero-order valence-corrected chi connectivity index (χ0v) is 16.6. The predicted octanol–water partition coefficient (Wildman–Crippen LogP) is 2.14. The zero-order valence-electron chi connectivity index (χ0n) is 15.8. The molecule has 0 saturated heterocycles. The molecular formula is C19H19N5O4S. The number of aryl methyl sites for hydroxylation is 1. The van der Waals surface area contributed by atoms with Crippen molar-refractivity contribution in [2.45, 2.75) is 23.4 Å². The molecule has 150 valence electrons. The molecule has 1 aromatic carbocycles. The second-order valence-corrected chi connectivity index (χ2v) is 8.12. The number of thioether (sulfide) groups is 1. The fourth-order valence-corrected chi connectivity index (χ4v) is 4.03. The fraction of sp³-hybridized carbons (Fsp3) is 0.368. The van der Waals surface area contributed by atoms with E-state index in [4.69, 9.17) is 14.0 Å². The first-order chi connectivity index (χ1) is 14.2. The molecule has 0 atom stereocenters. The zero-order chi connectivity index (χ0) is 19.8. The van der Waals surface area contributed by atoms with Crippen LogP contribution in [0.15, 0.2) is 40.3 Å². The molecule has 10 heteroatoms. The Morgan fingerprint density at radius 2 is 2.14 bits per heavy atom. The maximum Gasteiger partial charge on any atom is 0.232 e. The Labute approximate surface area is 170 Å². The molecule has 29 heavy (non-hydrogen) atoms. The van der Waals surface area contributed by atoms with Crippen LogP contribution in [0, 0.1) is 0 Å². The number of nitrogens with zero attached hydrogens (tertiary/aromatic N) is 4. The Morgan fingerprint density at radius 1 is 1.28 bits per heavy atom. The third-order valence-corrected chi connectivity index (χ3v) is 6.17. The van der Waals surface area contributed by atoms with E-state index in [0.29, 0.717) is 29.5 Å².